The number of hydrogen-bond donors (Lipinski definition) is 1. The average molecular weight is 379 g/mol. The van der Waals surface area contributed by atoms with Crippen molar-refractivity contribution in [1.82, 2.24) is 20.3 Å². The van der Waals surface area contributed by atoms with Gasteiger partial charge in [-0.25, -0.2) is 9.97 Å². The third-order valence-corrected chi connectivity index (χ3v) is 4.36. The number of nitrogens with zero attached hydrogens (tertiary/aromatic N) is 4. The highest BCUT2D eigenvalue weighted by Crippen LogP contribution is 2.29. The summed E-state index contributed by atoms with van der Waals surface area (Å²) in [6.45, 7) is 0.861. The minimum atomic E-state index is -4.49. The second-order valence-electron chi connectivity index (χ2n) is 6.63. The molecular weight excluding hydrogens is 359 g/mol. The fourth-order valence-electron chi connectivity index (χ4n) is 2.66. The third kappa shape index (κ3) is 4.60. The van der Waals surface area contributed by atoms with Crippen molar-refractivity contribution in [2.75, 3.05) is 25.5 Å². The molecule has 0 amide bonds. The van der Waals surface area contributed by atoms with Crippen LogP contribution in [-0.2, 0) is 17.4 Å². The van der Waals surface area contributed by atoms with E-state index in [1.807, 2.05) is 0 Å². The van der Waals surface area contributed by atoms with Gasteiger partial charge >= 0.3 is 6.18 Å². The van der Waals surface area contributed by atoms with Crippen molar-refractivity contribution in [1.29, 1.82) is 0 Å². The number of halogens is 3. The summed E-state index contributed by atoms with van der Waals surface area (Å²) >= 11 is 0. The lowest BCUT2D eigenvalue weighted by molar-refractivity contribution is -0.141. The summed E-state index contributed by atoms with van der Waals surface area (Å²) in [4.78, 5) is 26.1. The van der Waals surface area contributed by atoms with Gasteiger partial charge in [-0.3, -0.25) is 9.78 Å². The van der Waals surface area contributed by atoms with Crippen LogP contribution in [0.4, 0.5) is 19.1 Å². The molecule has 9 heteroatoms. The zero-order chi connectivity index (χ0) is 19.6. The number of hydrogen-bond acceptors (Lipinski definition) is 6. The number of rotatable bonds is 6. The van der Waals surface area contributed by atoms with Gasteiger partial charge in [0.25, 0.3) is 0 Å². The second kappa shape index (κ2) is 7.59. The van der Waals surface area contributed by atoms with E-state index in [9.17, 15) is 18.0 Å². The Morgan fingerprint density at radius 2 is 2.04 bits per heavy atom. The van der Waals surface area contributed by atoms with Crippen LogP contribution in [0.2, 0.25) is 0 Å². The van der Waals surface area contributed by atoms with Crippen molar-refractivity contribution >= 4 is 11.7 Å². The summed E-state index contributed by atoms with van der Waals surface area (Å²) in [6.07, 6.45) is -1.68. The van der Waals surface area contributed by atoms with E-state index in [0.717, 1.165) is 25.2 Å². The Bertz CT molecular complexity index is 817. The van der Waals surface area contributed by atoms with Gasteiger partial charge < -0.3 is 10.2 Å². The van der Waals surface area contributed by atoms with Crippen molar-refractivity contribution in [3.05, 3.63) is 35.8 Å². The summed E-state index contributed by atoms with van der Waals surface area (Å²) in [5, 5.41) is 3.08. The number of nitrogens with one attached hydrogen (secondary N) is 1. The predicted octanol–water partition coefficient (Wildman–Crippen LogP) is 2.49. The van der Waals surface area contributed by atoms with E-state index >= 15 is 0 Å². The van der Waals surface area contributed by atoms with Crippen molar-refractivity contribution < 1.29 is 18.0 Å². The van der Waals surface area contributed by atoms with Crippen molar-refractivity contribution in [3.63, 3.8) is 0 Å². The molecule has 0 radical (unpaired) electrons. The number of anilines is 1. The van der Waals surface area contributed by atoms with E-state index in [1.165, 1.54) is 6.07 Å². The van der Waals surface area contributed by atoms with E-state index in [2.05, 4.69) is 20.3 Å². The molecule has 0 bridgehead atoms. The molecule has 144 valence electrons. The van der Waals surface area contributed by atoms with Crippen LogP contribution in [0.5, 0.6) is 0 Å². The lowest BCUT2D eigenvalue weighted by Crippen LogP contribution is -2.48. The first-order valence-electron chi connectivity index (χ1n) is 8.59. The molecule has 0 saturated carbocycles. The molecule has 0 aromatic carbocycles. The van der Waals surface area contributed by atoms with Gasteiger partial charge in [-0.15, -0.1) is 0 Å². The third-order valence-electron chi connectivity index (χ3n) is 4.36. The Hall–Kier alpha value is -2.55. The van der Waals surface area contributed by atoms with Gasteiger partial charge in [-0.1, -0.05) is 0 Å². The van der Waals surface area contributed by atoms with Crippen LogP contribution < -0.4 is 10.2 Å². The molecule has 1 saturated heterocycles. The summed E-state index contributed by atoms with van der Waals surface area (Å²) in [5.41, 5.74) is 0.643. The van der Waals surface area contributed by atoms with Crippen LogP contribution in [-0.4, -0.2) is 47.4 Å². The molecule has 1 N–H and O–H groups in total. The molecular formula is C18H20F3N5O. The minimum Gasteiger partial charge on any atom is -0.347 e. The molecule has 3 heterocycles. The molecule has 0 spiro atoms. The van der Waals surface area contributed by atoms with Crippen LogP contribution in [0.1, 0.15) is 24.2 Å². The number of pyridine rings is 1. The van der Waals surface area contributed by atoms with Crippen LogP contribution in [0.15, 0.2) is 24.4 Å². The summed E-state index contributed by atoms with van der Waals surface area (Å²) in [6, 6.07) is 3.89. The first kappa shape index (κ1) is 19.2. The van der Waals surface area contributed by atoms with Crippen molar-refractivity contribution in [2.45, 2.75) is 31.5 Å². The quantitative estimate of drug-likeness (QED) is 0.832. The molecule has 0 unspecified atom stereocenters. The molecule has 1 aliphatic rings. The Balaban J connectivity index is 1.83. The molecule has 1 fully saturated rings. The molecule has 3 rings (SSSR count). The number of carbonyl (C=O) groups excluding carboxylic acids is 1. The molecule has 6 nitrogen and oxygen atoms in total. The van der Waals surface area contributed by atoms with Gasteiger partial charge in [0.05, 0.1) is 11.7 Å². The Morgan fingerprint density at radius 3 is 2.56 bits per heavy atom. The lowest BCUT2D eigenvalue weighted by Gasteiger charge is -2.26. The number of carbonyl (C=O) groups is 1. The summed E-state index contributed by atoms with van der Waals surface area (Å²) in [7, 11) is 3.55. The Morgan fingerprint density at radius 1 is 1.30 bits per heavy atom. The fourth-order valence-corrected chi connectivity index (χ4v) is 2.66. The Labute approximate surface area is 154 Å². The molecule has 1 aliphatic heterocycles. The van der Waals surface area contributed by atoms with E-state index < -0.39 is 11.9 Å². The maximum absolute atomic E-state index is 12.7. The first-order chi connectivity index (χ1) is 12.7. The Kier molecular flexibility index (Phi) is 5.41. The highest BCUT2D eigenvalue weighted by atomic mass is 19.4. The number of aromatic nitrogens is 3. The van der Waals surface area contributed by atoms with Gasteiger partial charge in [0.15, 0.2) is 0 Å². The number of ketones is 1. The molecule has 27 heavy (non-hydrogen) atoms. The topological polar surface area (TPSA) is 71.0 Å². The number of aryl methyl sites for hydroxylation is 1. The van der Waals surface area contributed by atoms with Gasteiger partial charge in [0.2, 0.25) is 5.95 Å². The van der Waals surface area contributed by atoms with Gasteiger partial charge in [0.1, 0.15) is 11.5 Å². The van der Waals surface area contributed by atoms with Gasteiger partial charge in [0, 0.05) is 38.0 Å². The second-order valence-corrected chi connectivity index (χ2v) is 6.63. The van der Waals surface area contributed by atoms with Gasteiger partial charge in [-0.05, 0) is 37.6 Å². The minimum absolute atomic E-state index is 0.0706. The highest BCUT2D eigenvalue weighted by molar-refractivity contribution is 5.85. The number of alkyl halides is 3. The summed E-state index contributed by atoms with van der Waals surface area (Å²) in [5.74, 6) is 0.570. The average Bonchev–Trinajstić information content (AvgIpc) is 2.57. The van der Waals surface area contributed by atoms with E-state index in [4.69, 9.17) is 0 Å². The lowest BCUT2D eigenvalue weighted by atomic mass is 9.98. The highest BCUT2D eigenvalue weighted by Gasteiger charge is 2.32. The molecule has 2 aromatic rings. The standard InChI is InChI=1S/C18H20F3N5O/c1-26(2)17-24-12(4-5-15(27)13-7-8-22-13)9-14(25-17)11-3-6-16(23-10-11)18(19,20)21/h3,6,9-10,13,22H,4-5,7-8H2,1-2H3/t13-/m0/s1. The van der Waals surface area contributed by atoms with E-state index in [1.54, 1.807) is 25.1 Å². The van der Waals surface area contributed by atoms with Crippen molar-refractivity contribution in [3.8, 4) is 11.3 Å². The molecule has 2 aromatic heterocycles. The maximum atomic E-state index is 12.7. The molecule has 0 aliphatic carbocycles. The first-order valence-corrected chi connectivity index (χ1v) is 8.59. The largest absolute Gasteiger partial charge is 0.433 e. The SMILES string of the molecule is CN(C)c1nc(CCC(=O)[C@@H]2CCN2)cc(-c2ccc(C(F)(F)F)nc2)n1. The number of Topliss-reactive ketones (excluding diaryl/α,β-unsaturated/α-hetero) is 1. The van der Waals surface area contributed by atoms with E-state index in [-0.39, 0.29) is 11.8 Å². The van der Waals surface area contributed by atoms with Crippen LogP contribution >= 0.6 is 0 Å². The van der Waals surface area contributed by atoms with E-state index in [0.29, 0.717) is 35.7 Å². The van der Waals surface area contributed by atoms with Crippen LogP contribution in [0.25, 0.3) is 11.3 Å². The fraction of sp³-hybridized carbons (Fsp3) is 0.444. The molecule has 1 atom stereocenters. The predicted molar refractivity (Wildman–Crippen MR) is 94.3 cm³/mol. The van der Waals surface area contributed by atoms with Crippen molar-refractivity contribution in [2.24, 2.45) is 0 Å². The normalized spacial score (nSPS) is 16.7. The zero-order valence-electron chi connectivity index (χ0n) is 15.0. The van der Waals surface area contributed by atoms with Gasteiger partial charge in [-0.2, -0.15) is 13.2 Å². The smallest absolute Gasteiger partial charge is 0.347 e. The monoisotopic (exact) mass is 379 g/mol. The van der Waals surface area contributed by atoms with Crippen LogP contribution in [0.3, 0.4) is 0 Å². The van der Waals surface area contributed by atoms with Crippen LogP contribution in [0, 0.1) is 0 Å². The summed E-state index contributed by atoms with van der Waals surface area (Å²) < 4.78 is 38.1. The maximum Gasteiger partial charge on any atom is 0.433 e. The zero-order valence-corrected chi connectivity index (χ0v) is 15.0.